The number of hydrogen-bond donors (Lipinski definition) is 2. The summed E-state index contributed by atoms with van der Waals surface area (Å²) in [5.41, 5.74) is 0.204. The largest absolute Gasteiger partial charge is 0.486 e. The summed E-state index contributed by atoms with van der Waals surface area (Å²) < 4.78 is 37.2. The smallest absolute Gasteiger partial charge is 0.319 e. The monoisotopic (exact) mass is 391 g/mol. The number of benzene rings is 2. The van der Waals surface area contributed by atoms with Gasteiger partial charge in [0.2, 0.25) is 10.0 Å². The van der Waals surface area contributed by atoms with Gasteiger partial charge in [0, 0.05) is 14.1 Å². The molecule has 0 spiro atoms. The zero-order valence-corrected chi connectivity index (χ0v) is 15.8. The number of hydrogen-bond acceptors (Lipinski definition) is 5. The standard InChI is InChI=1S/C18H21N3O5S/c1-21(2)27(23,24)17-10-6-3-7-14(17)20-18(22)19-11-13-12-25-15-8-4-5-9-16(15)26-13/h3-10,13H,11-12H2,1-2H3,(H2,19,20,22). The van der Waals surface area contributed by atoms with Crippen LogP contribution in [0.1, 0.15) is 0 Å². The van der Waals surface area contributed by atoms with Crippen molar-refractivity contribution in [3.05, 3.63) is 48.5 Å². The fourth-order valence-corrected chi connectivity index (χ4v) is 3.57. The Morgan fingerprint density at radius 1 is 1.11 bits per heavy atom. The number of urea groups is 1. The van der Waals surface area contributed by atoms with Gasteiger partial charge in [-0.1, -0.05) is 24.3 Å². The molecule has 3 rings (SSSR count). The predicted octanol–water partition coefficient (Wildman–Crippen LogP) is 1.90. The Bertz CT molecular complexity index is 930. The van der Waals surface area contributed by atoms with Crippen molar-refractivity contribution < 1.29 is 22.7 Å². The normalized spacial score (nSPS) is 16.0. The number of amides is 2. The number of para-hydroxylation sites is 3. The molecule has 1 heterocycles. The topological polar surface area (TPSA) is 97.0 Å². The van der Waals surface area contributed by atoms with Gasteiger partial charge < -0.3 is 20.1 Å². The van der Waals surface area contributed by atoms with Gasteiger partial charge >= 0.3 is 6.03 Å². The Morgan fingerprint density at radius 3 is 2.52 bits per heavy atom. The van der Waals surface area contributed by atoms with Crippen LogP contribution in [0.4, 0.5) is 10.5 Å². The zero-order valence-electron chi connectivity index (χ0n) is 15.0. The minimum absolute atomic E-state index is 0.0244. The molecular formula is C18H21N3O5S. The van der Waals surface area contributed by atoms with Gasteiger partial charge in [0.05, 0.1) is 12.2 Å². The minimum Gasteiger partial charge on any atom is -0.486 e. The van der Waals surface area contributed by atoms with E-state index in [0.29, 0.717) is 18.1 Å². The molecule has 0 saturated carbocycles. The highest BCUT2D eigenvalue weighted by Crippen LogP contribution is 2.30. The second-order valence-electron chi connectivity index (χ2n) is 6.12. The van der Waals surface area contributed by atoms with Gasteiger partial charge in [0.1, 0.15) is 11.5 Å². The van der Waals surface area contributed by atoms with Crippen LogP contribution in [0.15, 0.2) is 53.4 Å². The zero-order chi connectivity index (χ0) is 19.4. The third-order valence-corrected chi connectivity index (χ3v) is 5.82. The van der Waals surface area contributed by atoms with Gasteiger partial charge in [-0.25, -0.2) is 17.5 Å². The van der Waals surface area contributed by atoms with Crippen LogP contribution >= 0.6 is 0 Å². The van der Waals surface area contributed by atoms with Crippen molar-refractivity contribution in [2.45, 2.75) is 11.0 Å². The van der Waals surface area contributed by atoms with Crippen LogP contribution in [0.25, 0.3) is 0 Å². The molecule has 144 valence electrons. The first-order valence-electron chi connectivity index (χ1n) is 8.33. The highest BCUT2D eigenvalue weighted by molar-refractivity contribution is 7.89. The second kappa shape index (κ2) is 7.85. The van der Waals surface area contributed by atoms with Crippen molar-refractivity contribution in [1.29, 1.82) is 0 Å². The van der Waals surface area contributed by atoms with E-state index in [2.05, 4.69) is 10.6 Å². The molecule has 0 bridgehead atoms. The van der Waals surface area contributed by atoms with Crippen LogP contribution in [0.3, 0.4) is 0 Å². The van der Waals surface area contributed by atoms with Gasteiger partial charge in [0.25, 0.3) is 0 Å². The average molecular weight is 391 g/mol. The summed E-state index contributed by atoms with van der Waals surface area (Å²) in [5, 5.41) is 5.25. The Kier molecular flexibility index (Phi) is 5.52. The maximum Gasteiger partial charge on any atom is 0.319 e. The summed E-state index contributed by atoms with van der Waals surface area (Å²) in [6.07, 6.45) is -0.341. The number of ether oxygens (including phenoxy) is 2. The molecule has 1 unspecified atom stereocenters. The molecule has 2 aromatic rings. The number of fused-ring (bicyclic) bond motifs is 1. The van der Waals surface area contributed by atoms with Gasteiger partial charge in [-0.3, -0.25) is 0 Å². The number of nitrogens with one attached hydrogen (secondary N) is 2. The Morgan fingerprint density at radius 2 is 1.78 bits per heavy atom. The molecular weight excluding hydrogens is 370 g/mol. The van der Waals surface area contributed by atoms with Crippen LogP contribution < -0.4 is 20.1 Å². The number of anilines is 1. The summed E-state index contributed by atoms with van der Waals surface area (Å²) in [6, 6.07) is 13.0. The van der Waals surface area contributed by atoms with E-state index in [1.54, 1.807) is 18.2 Å². The summed E-state index contributed by atoms with van der Waals surface area (Å²) >= 11 is 0. The third kappa shape index (κ3) is 4.32. The van der Waals surface area contributed by atoms with E-state index in [0.717, 1.165) is 4.31 Å². The van der Waals surface area contributed by atoms with Gasteiger partial charge in [-0.05, 0) is 24.3 Å². The first-order valence-corrected chi connectivity index (χ1v) is 9.77. The molecule has 1 atom stereocenters. The number of carbonyl (C=O) groups is 1. The lowest BCUT2D eigenvalue weighted by Gasteiger charge is -2.26. The summed E-state index contributed by atoms with van der Waals surface area (Å²) in [4.78, 5) is 12.2. The van der Waals surface area contributed by atoms with Crippen molar-refractivity contribution in [3.63, 3.8) is 0 Å². The number of sulfonamides is 1. The second-order valence-corrected chi connectivity index (χ2v) is 8.24. The maximum atomic E-state index is 12.4. The highest BCUT2D eigenvalue weighted by Gasteiger charge is 2.23. The molecule has 27 heavy (non-hydrogen) atoms. The van der Waals surface area contributed by atoms with E-state index >= 15 is 0 Å². The third-order valence-electron chi connectivity index (χ3n) is 3.95. The number of rotatable bonds is 5. The molecule has 1 aliphatic heterocycles. The number of nitrogens with zero attached hydrogens (tertiary/aromatic N) is 1. The van der Waals surface area contributed by atoms with E-state index in [1.807, 2.05) is 18.2 Å². The van der Waals surface area contributed by atoms with Gasteiger partial charge in [-0.15, -0.1) is 0 Å². The summed E-state index contributed by atoms with van der Waals surface area (Å²) in [5.74, 6) is 1.29. The molecule has 0 radical (unpaired) electrons. The molecule has 0 aromatic heterocycles. The van der Waals surface area contributed by atoms with Crippen LogP contribution in [-0.2, 0) is 10.0 Å². The first kappa shape index (κ1) is 19.0. The molecule has 2 N–H and O–H groups in total. The quantitative estimate of drug-likeness (QED) is 0.811. The van der Waals surface area contributed by atoms with E-state index in [9.17, 15) is 13.2 Å². The van der Waals surface area contributed by atoms with Crippen LogP contribution in [0.5, 0.6) is 11.5 Å². The molecule has 0 aliphatic carbocycles. The Labute approximate surface area is 158 Å². The fraction of sp³-hybridized carbons (Fsp3) is 0.278. The van der Waals surface area contributed by atoms with Crippen LogP contribution in [0, 0.1) is 0 Å². The molecule has 2 amide bonds. The van der Waals surface area contributed by atoms with E-state index in [4.69, 9.17) is 9.47 Å². The highest BCUT2D eigenvalue weighted by atomic mass is 32.2. The molecule has 9 heteroatoms. The van der Waals surface area contributed by atoms with E-state index < -0.39 is 16.1 Å². The molecule has 0 fully saturated rings. The fourth-order valence-electron chi connectivity index (χ4n) is 2.53. The minimum atomic E-state index is -3.68. The van der Waals surface area contributed by atoms with Crippen molar-refractivity contribution >= 4 is 21.7 Å². The van der Waals surface area contributed by atoms with Crippen molar-refractivity contribution in [3.8, 4) is 11.5 Å². The lowest BCUT2D eigenvalue weighted by molar-refractivity contribution is 0.0922. The molecule has 1 aliphatic rings. The summed E-state index contributed by atoms with van der Waals surface area (Å²) in [6.45, 7) is 0.519. The molecule has 2 aromatic carbocycles. The van der Waals surface area contributed by atoms with Crippen LogP contribution in [0.2, 0.25) is 0 Å². The van der Waals surface area contributed by atoms with E-state index in [1.165, 1.54) is 26.2 Å². The molecule has 0 saturated heterocycles. The molecule has 8 nitrogen and oxygen atoms in total. The van der Waals surface area contributed by atoms with Gasteiger partial charge in [-0.2, -0.15) is 0 Å². The lowest BCUT2D eigenvalue weighted by Crippen LogP contribution is -2.42. The number of carbonyl (C=O) groups excluding carboxylic acids is 1. The van der Waals surface area contributed by atoms with E-state index in [-0.39, 0.29) is 23.2 Å². The van der Waals surface area contributed by atoms with Crippen molar-refractivity contribution in [1.82, 2.24) is 9.62 Å². The van der Waals surface area contributed by atoms with Crippen molar-refractivity contribution in [2.75, 3.05) is 32.6 Å². The average Bonchev–Trinajstić information content (AvgIpc) is 2.66. The van der Waals surface area contributed by atoms with Gasteiger partial charge in [0.15, 0.2) is 17.6 Å². The van der Waals surface area contributed by atoms with Crippen LogP contribution in [-0.4, -0.2) is 52.1 Å². The maximum absolute atomic E-state index is 12.4. The summed E-state index contributed by atoms with van der Waals surface area (Å²) in [7, 11) is -0.806. The lowest BCUT2D eigenvalue weighted by atomic mass is 10.2. The first-order chi connectivity index (χ1) is 12.9. The predicted molar refractivity (Wildman–Crippen MR) is 101 cm³/mol. The SMILES string of the molecule is CN(C)S(=O)(=O)c1ccccc1NC(=O)NCC1COc2ccccc2O1. The van der Waals surface area contributed by atoms with Crippen molar-refractivity contribution in [2.24, 2.45) is 0 Å². The Balaban J connectivity index is 1.61. The Hall–Kier alpha value is -2.78.